The second kappa shape index (κ2) is 13.5. The number of nitriles is 1. The van der Waals surface area contributed by atoms with E-state index < -0.39 is 0 Å². The molecule has 3 rings (SSSR count). The van der Waals surface area contributed by atoms with Gasteiger partial charge in [0, 0.05) is 25.2 Å². The monoisotopic (exact) mass is 490 g/mol. The average molecular weight is 491 g/mol. The van der Waals surface area contributed by atoms with E-state index in [1.165, 1.54) is 17.5 Å². The Kier molecular flexibility index (Phi) is 10.7. The number of methoxy groups -OCH3 is 1. The molecule has 192 valence electrons. The van der Waals surface area contributed by atoms with Gasteiger partial charge in [0.25, 0.3) is 0 Å². The number of ether oxygens (including phenoxy) is 2. The lowest BCUT2D eigenvalue weighted by molar-refractivity contribution is -0.130. The normalized spacial score (nSPS) is 13.1. The van der Waals surface area contributed by atoms with Gasteiger partial charge in [0.15, 0.2) is 0 Å². The predicted molar refractivity (Wildman–Crippen MR) is 145 cm³/mol. The van der Waals surface area contributed by atoms with Crippen molar-refractivity contribution in [2.45, 2.75) is 52.2 Å². The highest BCUT2D eigenvalue weighted by Gasteiger charge is 2.17. The smallest absolute Gasteiger partial charge is 0.238 e. The average Bonchev–Trinajstić information content (AvgIpc) is 3.35. The van der Waals surface area contributed by atoms with Crippen molar-refractivity contribution >= 4 is 17.5 Å². The summed E-state index contributed by atoms with van der Waals surface area (Å²) in [4.78, 5) is 17.1. The van der Waals surface area contributed by atoms with E-state index in [2.05, 4.69) is 41.2 Å². The molecular formula is C29H38N4O3. The minimum atomic E-state index is -0.0694. The number of aliphatic imine (C=N–C) groups is 1. The van der Waals surface area contributed by atoms with Crippen LogP contribution in [0, 0.1) is 11.3 Å². The number of benzene rings is 2. The molecule has 2 aromatic carbocycles. The molecule has 0 radical (unpaired) electrons. The first-order valence-electron chi connectivity index (χ1n) is 12.1. The van der Waals surface area contributed by atoms with Gasteiger partial charge in [-0.05, 0) is 76.4 Å². The number of likely N-dealkylation sites (N-methyl/N-ethyl adjacent to an activating group) is 2. The number of nitrogens with zero attached hydrogens (tertiary/aromatic N) is 3. The van der Waals surface area contributed by atoms with Crippen LogP contribution in [0.4, 0.5) is 0 Å². The van der Waals surface area contributed by atoms with Crippen molar-refractivity contribution < 1.29 is 14.3 Å². The van der Waals surface area contributed by atoms with Crippen LogP contribution in [0.25, 0.3) is 5.70 Å². The maximum absolute atomic E-state index is 10.9. The van der Waals surface area contributed by atoms with Crippen LogP contribution in [0.15, 0.2) is 48.0 Å². The van der Waals surface area contributed by atoms with E-state index in [-0.39, 0.29) is 18.1 Å². The van der Waals surface area contributed by atoms with E-state index in [4.69, 9.17) is 9.47 Å². The molecule has 36 heavy (non-hydrogen) atoms. The maximum Gasteiger partial charge on any atom is 0.238 e. The van der Waals surface area contributed by atoms with Crippen molar-refractivity contribution in [3.05, 3.63) is 70.8 Å². The maximum atomic E-state index is 10.9. The topological polar surface area (TPSA) is 87.0 Å². The Bertz CT molecular complexity index is 1150. The molecule has 1 atom stereocenters. The number of carbonyl (C=O) groups excluding carboxylic acids is 1. The lowest BCUT2D eigenvalue weighted by Crippen LogP contribution is -2.39. The number of carbonyl (C=O) groups is 1. The lowest BCUT2D eigenvalue weighted by atomic mass is 10.0. The van der Waals surface area contributed by atoms with Crippen molar-refractivity contribution in [2.24, 2.45) is 4.99 Å². The third-order valence-electron chi connectivity index (χ3n) is 5.84. The molecular weight excluding hydrogens is 452 g/mol. The van der Waals surface area contributed by atoms with Gasteiger partial charge >= 0.3 is 0 Å². The van der Waals surface area contributed by atoms with Gasteiger partial charge in [0.1, 0.15) is 11.8 Å². The summed E-state index contributed by atoms with van der Waals surface area (Å²) in [6, 6.07) is 13.8. The fourth-order valence-corrected chi connectivity index (χ4v) is 3.92. The van der Waals surface area contributed by atoms with Crippen LogP contribution in [0.2, 0.25) is 0 Å². The van der Waals surface area contributed by atoms with Crippen molar-refractivity contribution in [1.29, 1.82) is 5.26 Å². The summed E-state index contributed by atoms with van der Waals surface area (Å²) in [5.41, 5.74) is 5.63. The van der Waals surface area contributed by atoms with Crippen LogP contribution in [-0.2, 0) is 22.4 Å². The number of amides is 1. The summed E-state index contributed by atoms with van der Waals surface area (Å²) in [6.45, 7) is 9.85. The zero-order valence-electron chi connectivity index (χ0n) is 22.5. The molecule has 2 aromatic rings. The molecule has 1 aliphatic rings. The SMILES string of the molecule is C=C(N=C(OC)c1ccc(OC(C)C)c(C#N)c1)c1cccc2c1CCC2.CNC(C)C(=O)N(C)C. The molecule has 1 amide bonds. The summed E-state index contributed by atoms with van der Waals surface area (Å²) in [6.07, 6.45) is 3.34. The first-order valence-corrected chi connectivity index (χ1v) is 12.1. The van der Waals surface area contributed by atoms with Gasteiger partial charge in [-0.2, -0.15) is 5.26 Å². The molecule has 0 heterocycles. The Hall–Kier alpha value is -3.63. The Morgan fingerprint density at radius 3 is 2.47 bits per heavy atom. The summed E-state index contributed by atoms with van der Waals surface area (Å²) in [5.74, 6) is 1.10. The van der Waals surface area contributed by atoms with Crippen molar-refractivity contribution in [3.8, 4) is 11.8 Å². The molecule has 0 saturated heterocycles. The minimum absolute atomic E-state index is 0.00142. The highest BCUT2D eigenvalue weighted by molar-refractivity contribution is 5.98. The van der Waals surface area contributed by atoms with Crippen molar-refractivity contribution in [3.63, 3.8) is 0 Å². The van der Waals surface area contributed by atoms with Gasteiger partial charge in [-0.3, -0.25) is 4.79 Å². The van der Waals surface area contributed by atoms with E-state index in [0.29, 0.717) is 22.9 Å². The molecule has 7 heteroatoms. The minimum Gasteiger partial charge on any atom is -0.490 e. The van der Waals surface area contributed by atoms with Gasteiger partial charge in [0.05, 0.1) is 30.5 Å². The van der Waals surface area contributed by atoms with Gasteiger partial charge in [-0.1, -0.05) is 24.8 Å². The van der Waals surface area contributed by atoms with E-state index in [1.54, 1.807) is 45.3 Å². The third-order valence-corrected chi connectivity index (χ3v) is 5.84. The van der Waals surface area contributed by atoms with Gasteiger partial charge in [0.2, 0.25) is 11.8 Å². The van der Waals surface area contributed by atoms with Crippen LogP contribution < -0.4 is 10.1 Å². The van der Waals surface area contributed by atoms with Crippen LogP contribution in [-0.4, -0.2) is 57.1 Å². The number of hydrogen-bond donors (Lipinski definition) is 1. The number of hydrogen-bond acceptors (Lipinski definition) is 6. The standard InChI is InChI=1S/C23H24N2O2.C6H14N2O/c1-15(2)27-22-12-11-18(13-19(22)14-24)23(26-4)25-16(3)20-9-5-7-17-8-6-10-21(17)20;1-5(7-2)6(9)8(3)4/h5,7,9,11-13,15H,3,6,8,10H2,1-2,4H3;5,7H,1-4H3. The lowest BCUT2D eigenvalue weighted by Gasteiger charge is -2.15. The summed E-state index contributed by atoms with van der Waals surface area (Å²) < 4.78 is 11.2. The molecule has 0 spiro atoms. The second-order valence-corrected chi connectivity index (χ2v) is 9.10. The Morgan fingerprint density at radius 2 is 1.92 bits per heavy atom. The summed E-state index contributed by atoms with van der Waals surface area (Å²) in [7, 11) is 6.84. The number of fused-ring (bicyclic) bond motifs is 1. The first-order chi connectivity index (χ1) is 17.1. The van der Waals surface area contributed by atoms with Crippen LogP contribution in [0.5, 0.6) is 5.75 Å². The van der Waals surface area contributed by atoms with E-state index >= 15 is 0 Å². The Morgan fingerprint density at radius 1 is 1.19 bits per heavy atom. The van der Waals surface area contributed by atoms with E-state index in [9.17, 15) is 10.1 Å². The fraction of sp³-hybridized carbons (Fsp3) is 0.414. The van der Waals surface area contributed by atoms with Crippen LogP contribution in [0.1, 0.15) is 55.0 Å². The molecule has 1 N–H and O–H groups in total. The Labute approximate surface area is 215 Å². The molecule has 1 aliphatic carbocycles. The number of rotatable bonds is 7. The molecule has 1 unspecified atom stereocenters. The van der Waals surface area contributed by atoms with Crippen LogP contribution >= 0.6 is 0 Å². The zero-order chi connectivity index (χ0) is 26.8. The molecule has 0 aliphatic heterocycles. The van der Waals surface area contributed by atoms with Gasteiger partial charge in [-0.25, -0.2) is 4.99 Å². The molecule has 0 bridgehead atoms. The Balaban J connectivity index is 0.000000434. The van der Waals surface area contributed by atoms with E-state index in [1.807, 2.05) is 26.8 Å². The predicted octanol–water partition coefficient (Wildman–Crippen LogP) is 4.58. The highest BCUT2D eigenvalue weighted by atomic mass is 16.5. The molecule has 0 saturated carbocycles. The fourth-order valence-electron chi connectivity index (χ4n) is 3.92. The van der Waals surface area contributed by atoms with Gasteiger partial charge in [-0.15, -0.1) is 0 Å². The second-order valence-electron chi connectivity index (χ2n) is 9.10. The van der Waals surface area contributed by atoms with Crippen molar-refractivity contribution in [2.75, 3.05) is 28.3 Å². The highest BCUT2D eigenvalue weighted by Crippen LogP contribution is 2.30. The zero-order valence-corrected chi connectivity index (χ0v) is 22.5. The summed E-state index contributed by atoms with van der Waals surface area (Å²) >= 11 is 0. The first kappa shape index (κ1) is 28.6. The number of aryl methyl sites for hydroxylation is 1. The van der Waals surface area contributed by atoms with Gasteiger partial charge < -0.3 is 19.7 Å². The third kappa shape index (κ3) is 7.43. The largest absolute Gasteiger partial charge is 0.490 e. The molecule has 0 fully saturated rings. The van der Waals surface area contributed by atoms with Crippen molar-refractivity contribution in [1.82, 2.24) is 10.2 Å². The molecule has 0 aromatic heterocycles. The van der Waals surface area contributed by atoms with Crippen LogP contribution in [0.3, 0.4) is 0 Å². The number of nitrogens with one attached hydrogen (secondary N) is 1. The molecule has 7 nitrogen and oxygen atoms in total. The quantitative estimate of drug-likeness (QED) is 0.453. The van der Waals surface area contributed by atoms with E-state index in [0.717, 1.165) is 24.0 Å². The summed E-state index contributed by atoms with van der Waals surface area (Å²) in [5, 5.41) is 12.3.